The van der Waals surface area contributed by atoms with Crippen LogP contribution in [0.25, 0.3) is 0 Å². The average molecular weight is 330 g/mol. The Labute approximate surface area is 143 Å². The minimum Gasteiger partial charge on any atom is -0.508 e. The molecule has 0 bridgehead atoms. The van der Waals surface area contributed by atoms with Crippen molar-refractivity contribution in [1.29, 1.82) is 0 Å². The monoisotopic (exact) mass is 330 g/mol. The molecule has 2 rings (SSSR count). The fourth-order valence-electron chi connectivity index (χ4n) is 3.11. The molecule has 0 aliphatic rings. The molecule has 130 valence electrons. The second-order valence-corrected chi connectivity index (χ2v) is 6.03. The maximum atomic E-state index is 10.3. The second-order valence-electron chi connectivity index (χ2n) is 6.03. The van der Waals surface area contributed by atoms with E-state index in [1.54, 1.807) is 26.4 Å². The van der Waals surface area contributed by atoms with E-state index in [0.29, 0.717) is 13.2 Å². The zero-order valence-corrected chi connectivity index (χ0v) is 14.6. The maximum absolute atomic E-state index is 10.3. The normalized spacial score (nSPS) is 12.3. The number of rotatable bonds is 8. The van der Waals surface area contributed by atoms with Crippen LogP contribution >= 0.6 is 0 Å². The van der Waals surface area contributed by atoms with Crippen LogP contribution in [0.15, 0.2) is 36.4 Å². The van der Waals surface area contributed by atoms with E-state index in [-0.39, 0.29) is 17.4 Å². The molecule has 4 heteroatoms. The average Bonchev–Trinajstić information content (AvgIpc) is 2.54. The van der Waals surface area contributed by atoms with Gasteiger partial charge in [0.2, 0.25) is 0 Å². The molecule has 2 aromatic carbocycles. The smallest absolute Gasteiger partial charge is 0.123 e. The molecule has 0 radical (unpaired) electrons. The summed E-state index contributed by atoms with van der Waals surface area (Å²) in [5.74, 6) is 0.251. The zero-order chi connectivity index (χ0) is 17.5. The SMILES string of the molecule is CCCC(c1cc(COC)cc(COC)c1)c1ccc(O)cc1O. The number of hydrogen-bond acceptors (Lipinski definition) is 4. The quantitative estimate of drug-likeness (QED) is 0.756. The molecule has 0 fully saturated rings. The van der Waals surface area contributed by atoms with Crippen LogP contribution in [0, 0.1) is 0 Å². The second kappa shape index (κ2) is 8.71. The summed E-state index contributed by atoms with van der Waals surface area (Å²) in [6, 6.07) is 11.1. The molecule has 0 heterocycles. The Hall–Kier alpha value is -2.04. The first-order valence-electron chi connectivity index (χ1n) is 8.21. The van der Waals surface area contributed by atoms with Gasteiger partial charge in [-0.05, 0) is 29.2 Å². The van der Waals surface area contributed by atoms with Crippen LogP contribution in [-0.2, 0) is 22.7 Å². The highest BCUT2D eigenvalue weighted by Gasteiger charge is 2.18. The van der Waals surface area contributed by atoms with Crippen LogP contribution in [0.1, 0.15) is 47.9 Å². The Bertz CT molecular complexity index is 642. The molecular weight excluding hydrogens is 304 g/mol. The third-order valence-corrected chi connectivity index (χ3v) is 4.07. The highest BCUT2D eigenvalue weighted by atomic mass is 16.5. The highest BCUT2D eigenvalue weighted by Crippen LogP contribution is 2.37. The van der Waals surface area contributed by atoms with E-state index >= 15 is 0 Å². The summed E-state index contributed by atoms with van der Waals surface area (Å²) in [6.07, 6.45) is 1.89. The number of phenolic OH excluding ortho intramolecular Hbond substituents is 2. The van der Waals surface area contributed by atoms with Crippen LogP contribution < -0.4 is 0 Å². The maximum Gasteiger partial charge on any atom is 0.123 e. The van der Waals surface area contributed by atoms with Gasteiger partial charge in [0.1, 0.15) is 11.5 Å². The van der Waals surface area contributed by atoms with E-state index in [2.05, 4.69) is 25.1 Å². The first-order valence-corrected chi connectivity index (χ1v) is 8.21. The third-order valence-electron chi connectivity index (χ3n) is 4.07. The molecule has 1 atom stereocenters. The van der Waals surface area contributed by atoms with Crippen molar-refractivity contribution < 1.29 is 19.7 Å². The molecule has 1 unspecified atom stereocenters. The van der Waals surface area contributed by atoms with Gasteiger partial charge in [-0.2, -0.15) is 0 Å². The van der Waals surface area contributed by atoms with Crippen molar-refractivity contribution in [2.24, 2.45) is 0 Å². The van der Waals surface area contributed by atoms with Gasteiger partial charge >= 0.3 is 0 Å². The first-order chi connectivity index (χ1) is 11.6. The highest BCUT2D eigenvalue weighted by molar-refractivity contribution is 5.46. The predicted octanol–water partition coefficient (Wildman–Crippen LogP) is 4.32. The van der Waals surface area contributed by atoms with E-state index in [0.717, 1.165) is 35.1 Å². The van der Waals surface area contributed by atoms with Crippen molar-refractivity contribution in [2.45, 2.75) is 38.9 Å². The molecule has 2 aromatic rings. The van der Waals surface area contributed by atoms with Crippen LogP contribution in [0.5, 0.6) is 11.5 Å². The van der Waals surface area contributed by atoms with Gasteiger partial charge < -0.3 is 19.7 Å². The van der Waals surface area contributed by atoms with E-state index in [4.69, 9.17) is 9.47 Å². The van der Waals surface area contributed by atoms with Gasteiger partial charge in [-0.25, -0.2) is 0 Å². The van der Waals surface area contributed by atoms with Crippen molar-refractivity contribution in [3.05, 3.63) is 58.7 Å². The van der Waals surface area contributed by atoms with Crippen molar-refractivity contribution >= 4 is 0 Å². The molecule has 4 nitrogen and oxygen atoms in total. The molecule has 0 saturated heterocycles. The number of ether oxygens (including phenoxy) is 2. The number of benzene rings is 2. The topological polar surface area (TPSA) is 58.9 Å². The summed E-state index contributed by atoms with van der Waals surface area (Å²) in [4.78, 5) is 0. The largest absolute Gasteiger partial charge is 0.508 e. The standard InChI is InChI=1S/C20H26O4/c1-4-5-18(19-7-6-17(21)11-20(19)22)16-9-14(12-23-2)8-15(10-16)13-24-3/h6-11,18,21-22H,4-5,12-13H2,1-3H3. The minimum atomic E-state index is 0.0583. The summed E-state index contributed by atoms with van der Waals surface area (Å²) in [6.45, 7) is 3.19. The lowest BCUT2D eigenvalue weighted by molar-refractivity contribution is 0.180. The number of aromatic hydroxyl groups is 2. The van der Waals surface area contributed by atoms with Crippen LogP contribution in [0.3, 0.4) is 0 Å². The summed E-state index contributed by atoms with van der Waals surface area (Å²) < 4.78 is 10.6. The van der Waals surface area contributed by atoms with E-state index in [9.17, 15) is 10.2 Å². The number of phenols is 2. The molecule has 2 N–H and O–H groups in total. The van der Waals surface area contributed by atoms with Gasteiger partial charge in [-0.1, -0.05) is 37.6 Å². The molecule has 0 aliphatic heterocycles. The lowest BCUT2D eigenvalue weighted by Gasteiger charge is -2.21. The summed E-state index contributed by atoms with van der Waals surface area (Å²) >= 11 is 0. The third kappa shape index (κ3) is 4.49. The molecular formula is C20H26O4. The van der Waals surface area contributed by atoms with Gasteiger partial charge in [0.05, 0.1) is 13.2 Å². The zero-order valence-electron chi connectivity index (χ0n) is 14.6. The molecule has 0 spiro atoms. The Morgan fingerprint density at radius 2 is 1.54 bits per heavy atom. The molecule has 24 heavy (non-hydrogen) atoms. The first kappa shape index (κ1) is 18.3. The number of hydrogen-bond donors (Lipinski definition) is 2. The molecule has 0 amide bonds. The minimum absolute atomic E-state index is 0.0583. The Kier molecular flexibility index (Phi) is 6.64. The van der Waals surface area contributed by atoms with E-state index < -0.39 is 0 Å². The van der Waals surface area contributed by atoms with Crippen molar-refractivity contribution in [3.63, 3.8) is 0 Å². The van der Waals surface area contributed by atoms with Gasteiger partial charge in [0.25, 0.3) is 0 Å². The van der Waals surface area contributed by atoms with Crippen LogP contribution in [-0.4, -0.2) is 24.4 Å². The van der Waals surface area contributed by atoms with Gasteiger partial charge in [0, 0.05) is 31.8 Å². The summed E-state index contributed by atoms with van der Waals surface area (Å²) in [5, 5.41) is 19.8. The predicted molar refractivity (Wildman–Crippen MR) is 94.4 cm³/mol. The summed E-state index contributed by atoms with van der Waals surface area (Å²) in [7, 11) is 3.36. The van der Waals surface area contributed by atoms with Crippen LogP contribution in [0.4, 0.5) is 0 Å². The lowest BCUT2D eigenvalue weighted by atomic mass is 9.85. The van der Waals surface area contributed by atoms with Crippen LogP contribution in [0.2, 0.25) is 0 Å². The molecule has 0 saturated carbocycles. The van der Waals surface area contributed by atoms with Gasteiger partial charge in [0.15, 0.2) is 0 Å². The van der Waals surface area contributed by atoms with Gasteiger partial charge in [-0.3, -0.25) is 0 Å². The summed E-state index contributed by atoms with van der Waals surface area (Å²) in [5.41, 5.74) is 4.12. The van der Waals surface area contributed by atoms with Crippen molar-refractivity contribution in [1.82, 2.24) is 0 Å². The fraction of sp³-hybridized carbons (Fsp3) is 0.400. The molecule has 0 aromatic heterocycles. The van der Waals surface area contributed by atoms with Crippen molar-refractivity contribution in [2.75, 3.05) is 14.2 Å². The van der Waals surface area contributed by atoms with Gasteiger partial charge in [-0.15, -0.1) is 0 Å². The number of methoxy groups -OCH3 is 2. The Balaban J connectivity index is 2.49. The van der Waals surface area contributed by atoms with Crippen molar-refractivity contribution in [3.8, 4) is 11.5 Å². The van der Waals surface area contributed by atoms with E-state index in [1.807, 2.05) is 0 Å². The Morgan fingerprint density at radius 3 is 2.04 bits per heavy atom. The lowest BCUT2D eigenvalue weighted by Crippen LogP contribution is -2.04. The van der Waals surface area contributed by atoms with E-state index in [1.165, 1.54) is 6.07 Å². The molecule has 0 aliphatic carbocycles. The fourth-order valence-corrected chi connectivity index (χ4v) is 3.11. The Morgan fingerprint density at radius 1 is 0.917 bits per heavy atom.